The van der Waals surface area contributed by atoms with Crippen LogP contribution in [0.5, 0.6) is 0 Å². The van der Waals surface area contributed by atoms with Crippen LogP contribution in [0.15, 0.2) is 53.0 Å². The van der Waals surface area contributed by atoms with Gasteiger partial charge in [-0.05, 0) is 41.9 Å². The van der Waals surface area contributed by atoms with Gasteiger partial charge in [-0.2, -0.15) is 0 Å². The van der Waals surface area contributed by atoms with E-state index in [0.717, 1.165) is 28.8 Å². The number of hydrogen-bond donors (Lipinski definition) is 2. The molecule has 0 aliphatic heterocycles. The average Bonchev–Trinajstić information content (AvgIpc) is 2.48. The molecule has 0 aliphatic carbocycles. The molecule has 0 radical (unpaired) electrons. The number of benzene rings is 2. The van der Waals surface area contributed by atoms with E-state index < -0.39 is 0 Å². The van der Waals surface area contributed by atoms with Crippen molar-refractivity contribution in [2.75, 3.05) is 11.9 Å². The molecule has 1 amide bonds. The van der Waals surface area contributed by atoms with Crippen LogP contribution in [0.3, 0.4) is 0 Å². The van der Waals surface area contributed by atoms with E-state index >= 15 is 0 Å². The molecule has 0 saturated heterocycles. The van der Waals surface area contributed by atoms with Gasteiger partial charge in [0.2, 0.25) is 5.91 Å². The zero-order chi connectivity index (χ0) is 15.1. The normalized spacial score (nSPS) is 10.4. The second-order valence-corrected chi connectivity index (χ2v) is 5.75. The van der Waals surface area contributed by atoms with E-state index in [-0.39, 0.29) is 5.91 Å². The number of halogens is 1. The van der Waals surface area contributed by atoms with E-state index in [1.807, 2.05) is 48.5 Å². The zero-order valence-corrected chi connectivity index (χ0v) is 13.6. The molecule has 2 aromatic rings. The van der Waals surface area contributed by atoms with Gasteiger partial charge >= 0.3 is 0 Å². The lowest BCUT2D eigenvalue weighted by molar-refractivity contribution is -0.115. The van der Waals surface area contributed by atoms with Gasteiger partial charge in [-0.3, -0.25) is 4.79 Å². The lowest BCUT2D eigenvalue weighted by Crippen LogP contribution is -2.15. The maximum absolute atomic E-state index is 12.1. The number of nitrogens with one attached hydrogen (secondary N) is 2. The van der Waals surface area contributed by atoms with Gasteiger partial charge in [0.15, 0.2) is 0 Å². The molecule has 0 unspecified atom stereocenters. The average molecular weight is 347 g/mol. The molecule has 0 aliphatic rings. The predicted molar refractivity (Wildman–Crippen MR) is 90.3 cm³/mol. The molecular formula is C17H19BrN2O. The fraction of sp³-hybridized carbons (Fsp3) is 0.235. The summed E-state index contributed by atoms with van der Waals surface area (Å²) in [6, 6.07) is 15.7. The Morgan fingerprint density at radius 3 is 2.57 bits per heavy atom. The lowest BCUT2D eigenvalue weighted by Gasteiger charge is -2.08. The number of hydrogen-bond acceptors (Lipinski definition) is 2. The second kappa shape index (κ2) is 7.96. The summed E-state index contributed by atoms with van der Waals surface area (Å²) in [6.07, 6.45) is 0.380. The van der Waals surface area contributed by atoms with Crippen molar-refractivity contribution in [1.82, 2.24) is 5.32 Å². The fourth-order valence-corrected chi connectivity index (χ4v) is 2.29. The van der Waals surface area contributed by atoms with Crippen LogP contribution < -0.4 is 10.6 Å². The van der Waals surface area contributed by atoms with Crippen molar-refractivity contribution in [1.29, 1.82) is 0 Å². The highest BCUT2D eigenvalue weighted by atomic mass is 79.9. The maximum Gasteiger partial charge on any atom is 0.228 e. The van der Waals surface area contributed by atoms with Crippen LogP contribution in [0.4, 0.5) is 5.69 Å². The van der Waals surface area contributed by atoms with Gasteiger partial charge < -0.3 is 10.6 Å². The van der Waals surface area contributed by atoms with Crippen LogP contribution in [-0.2, 0) is 17.8 Å². The molecule has 2 rings (SSSR count). The van der Waals surface area contributed by atoms with Gasteiger partial charge in [0.1, 0.15) is 0 Å². The number of rotatable bonds is 6. The summed E-state index contributed by atoms with van der Waals surface area (Å²) in [5.41, 5.74) is 3.00. The van der Waals surface area contributed by atoms with Crippen molar-refractivity contribution in [3.63, 3.8) is 0 Å². The van der Waals surface area contributed by atoms with Crippen LogP contribution in [0.1, 0.15) is 18.1 Å². The Morgan fingerprint density at radius 2 is 1.86 bits per heavy atom. The summed E-state index contributed by atoms with van der Waals surface area (Å²) < 4.78 is 1.02. The van der Waals surface area contributed by atoms with Gasteiger partial charge in [-0.1, -0.05) is 47.1 Å². The SMILES string of the molecule is CCNCc1cccc(NC(=O)Cc2ccc(Br)cc2)c1. The minimum atomic E-state index is -0.00192. The topological polar surface area (TPSA) is 41.1 Å². The van der Waals surface area contributed by atoms with E-state index in [2.05, 4.69) is 33.5 Å². The first-order valence-corrected chi connectivity index (χ1v) is 7.80. The third kappa shape index (κ3) is 5.33. The zero-order valence-electron chi connectivity index (χ0n) is 12.0. The second-order valence-electron chi connectivity index (χ2n) is 4.83. The van der Waals surface area contributed by atoms with Crippen LogP contribution >= 0.6 is 15.9 Å². The number of carbonyl (C=O) groups is 1. The molecule has 3 nitrogen and oxygen atoms in total. The maximum atomic E-state index is 12.1. The van der Waals surface area contributed by atoms with Gasteiger partial charge in [-0.25, -0.2) is 0 Å². The van der Waals surface area contributed by atoms with Crippen molar-refractivity contribution in [3.05, 3.63) is 64.1 Å². The predicted octanol–water partition coefficient (Wildman–Crippen LogP) is 3.74. The third-order valence-corrected chi connectivity index (χ3v) is 3.60. The molecule has 0 heterocycles. The first kappa shape index (κ1) is 15.7. The Bertz CT molecular complexity index is 596. The molecule has 0 atom stereocenters. The van der Waals surface area contributed by atoms with Crippen molar-refractivity contribution in [2.45, 2.75) is 19.9 Å². The summed E-state index contributed by atoms with van der Waals surface area (Å²) >= 11 is 3.39. The number of carbonyl (C=O) groups excluding carboxylic acids is 1. The first-order valence-electron chi connectivity index (χ1n) is 7.01. The van der Waals surface area contributed by atoms with Crippen molar-refractivity contribution in [2.24, 2.45) is 0 Å². The van der Waals surface area contributed by atoms with E-state index in [0.29, 0.717) is 6.42 Å². The Balaban J connectivity index is 1.94. The van der Waals surface area contributed by atoms with E-state index in [4.69, 9.17) is 0 Å². The number of anilines is 1. The van der Waals surface area contributed by atoms with Gasteiger partial charge in [0, 0.05) is 16.7 Å². The quantitative estimate of drug-likeness (QED) is 0.836. The van der Waals surface area contributed by atoms with Gasteiger partial charge in [0.25, 0.3) is 0 Å². The van der Waals surface area contributed by atoms with E-state index in [9.17, 15) is 4.79 Å². The molecule has 2 aromatic carbocycles. The molecule has 0 bridgehead atoms. The smallest absolute Gasteiger partial charge is 0.228 e. The highest BCUT2D eigenvalue weighted by molar-refractivity contribution is 9.10. The summed E-state index contributed by atoms with van der Waals surface area (Å²) in [5, 5.41) is 6.22. The van der Waals surface area contributed by atoms with E-state index in [1.54, 1.807) is 0 Å². The van der Waals surface area contributed by atoms with E-state index in [1.165, 1.54) is 5.56 Å². The Hall–Kier alpha value is -1.65. The monoisotopic (exact) mass is 346 g/mol. The summed E-state index contributed by atoms with van der Waals surface area (Å²) in [7, 11) is 0. The fourth-order valence-electron chi connectivity index (χ4n) is 2.02. The van der Waals surface area contributed by atoms with Crippen LogP contribution in [0.2, 0.25) is 0 Å². The molecule has 21 heavy (non-hydrogen) atoms. The molecule has 0 saturated carbocycles. The highest BCUT2D eigenvalue weighted by Gasteiger charge is 2.04. The molecule has 0 aromatic heterocycles. The van der Waals surface area contributed by atoms with Crippen LogP contribution in [0, 0.1) is 0 Å². The molecule has 2 N–H and O–H groups in total. The highest BCUT2D eigenvalue weighted by Crippen LogP contribution is 2.13. The van der Waals surface area contributed by atoms with Crippen LogP contribution in [-0.4, -0.2) is 12.5 Å². The van der Waals surface area contributed by atoms with Gasteiger partial charge in [-0.15, -0.1) is 0 Å². The molecular weight excluding hydrogens is 328 g/mol. The molecule has 0 fully saturated rings. The van der Waals surface area contributed by atoms with Gasteiger partial charge in [0.05, 0.1) is 6.42 Å². The minimum Gasteiger partial charge on any atom is -0.326 e. The Labute approximate surface area is 133 Å². The summed E-state index contributed by atoms with van der Waals surface area (Å²) in [4.78, 5) is 12.1. The van der Waals surface area contributed by atoms with Crippen molar-refractivity contribution >= 4 is 27.5 Å². The van der Waals surface area contributed by atoms with Crippen molar-refractivity contribution in [3.8, 4) is 0 Å². The molecule has 0 spiro atoms. The largest absolute Gasteiger partial charge is 0.326 e. The van der Waals surface area contributed by atoms with Crippen molar-refractivity contribution < 1.29 is 4.79 Å². The molecule has 110 valence electrons. The number of amides is 1. The van der Waals surface area contributed by atoms with Crippen LogP contribution in [0.25, 0.3) is 0 Å². The lowest BCUT2D eigenvalue weighted by atomic mass is 10.1. The Kier molecular flexibility index (Phi) is 5.96. The minimum absolute atomic E-state index is 0.00192. The summed E-state index contributed by atoms with van der Waals surface area (Å²) in [5.74, 6) is -0.00192. The standard InChI is InChI=1S/C17H19BrN2O/c1-2-19-12-14-4-3-5-16(10-14)20-17(21)11-13-6-8-15(18)9-7-13/h3-10,19H,2,11-12H2,1H3,(H,20,21). The molecule has 4 heteroatoms. The summed E-state index contributed by atoms with van der Waals surface area (Å²) in [6.45, 7) is 3.82. The first-order chi connectivity index (χ1) is 10.2. The third-order valence-electron chi connectivity index (χ3n) is 3.07. The Morgan fingerprint density at radius 1 is 1.10 bits per heavy atom.